The topological polar surface area (TPSA) is 12.0 Å². The average Bonchev–Trinajstić information content (AvgIpc) is 2.32. The molecule has 3 heteroatoms. The van der Waals surface area contributed by atoms with Crippen molar-refractivity contribution in [1.82, 2.24) is 0 Å². The van der Waals surface area contributed by atoms with E-state index < -0.39 is 11.6 Å². The highest BCUT2D eigenvalue weighted by atomic mass is 19.1. The van der Waals surface area contributed by atoms with Crippen LogP contribution in [0.1, 0.15) is 40.0 Å². The van der Waals surface area contributed by atoms with Crippen LogP contribution in [0.3, 0.4) is 0 Å². The summed E-state index contributed by atoms with van der Waals surface area (Å²) in [5, 5.41) is 3.30. The van der Waals surface area contributed by atoms with Gasteiger partial charge in [0.1, 0.15) is 11.6 Å². The van der Waals surface area contributed by atoms with Gasteiger partial charge < -0.3 is 5.32 Å². The van der Waals surface area contributed by atoms with Gasteiger partial charge in [0.05, 0.1) is 5.69 Å². The summed E-state index contributed by atoms with van der Waals surface area (Å²) in [6, 6.07) is 4.03. The molecule has 1 aromatic rings. The Hall–Kier alpha value is -1.12. The fourth-order valence-electron chi connectivity index (χ4n) is 3.17. The third-order valence-electron chi connectivity index (χ3n) is 4.29. The summed E-state index contributed by atoms with van der Waals surface area (Å²) >= 11 is 0. The minimum Gasteiger partial charge on any atom is -0.380 e. The van der Waals surface area contributed by atoms with E-state index in [2.05, 4.69) is 26.1 Å². The van der Waals surface area contributed by atoms with E-state index in [4.69, 9.17) is 0 Å². The van der Waals surface area contributed by atoms with E-state index in [-0.39, 0.29) is 6.04 Å². The Balaban J connectivity index is 2.14. The molecule has 3 unspecified atom stereocenters. The Labute approximate surface area is 114 Å². The summed E-state index contributed by atoms with van der Waals surface area (Å²) in [6.45, 7) is 6.68. The third-order valence-corrected chi connectivity index (χ3v) is 4.29. The molecule has 1 aliphatic rings. The number of halogens is 2. The molecular weight excluding hydrogens is 244 g/mol. The van der Waals surface area contributed by atoms with Gasteiger partial charge in [-0.15, -0.1) is 0 Å². The molecule has 1 aliphatic carbocycles. The van der Waals surface area contributed by atoms with Gasteiger partial charge in [-0.2, -0.15) is 0 Å². The first-order valence-corrected chi connectivity index (χ1v) is 7.19. The van der Waals surface area contributed by atoms with E-state index in [1.54, 1.807) is 0 Å². The normalized spacial score (nSPS) is 27.6. The van der Waals surface area contributed by atoms with E-state index in [0.717, 1.165) is 12.5 Å². The Morgan fingerprint density at radius 1 is 1.21 bits per heavy atom. The molecule has 3 atom stereocenters. The Kier molecular flexibility index (Phi) is 4.43. The SMILES string of the molecule is CC1CCC(C(C)C)C(Nc2ccc(F)cc2F)C1. The zero-order chi connectivity index (χ0) is 14.0. The first-order valence-electron chi connectivity index (χ1n) is 7.19. The molecule has 0 bridgehead atoms. The van der Waals surface area contributed by atoms with Gasteiger partial charge in [-0.25, -0.2) is 8.78 Å². The van der Waals surface area contributed by atoms with Crippen LogP contribution in [-0.2, 0) is 0 Å². The molecule has 1 N–H and O–H groups in total. The molecule has 0 heterocycles. The molecule has 0 amide bonds. The quantitative estimate of drug-likeness (QED) is 0.826. The fourth-order valence-corrected chi connectivity index (χ4v) is 3.17. The zero-order valence-electron chi connectivity index (χ0n) is 11.9. The number of hydrogen-bond donors (Lipinski definition) is 1. The van der Waals surface area contributed by atoms with Gasteiger partial charge >= 0.3 is 0 Å². The lowest BCUT2D eigenvalue weighted by molar-refractivity contribution is 0.211. The van der Waals surface area contributed by atoms with Crippen molar-refractivity contribution >= 4 is 5.69 Å². The van der Waals surface area contributed by atoms with Crippen molar-refractivity contribution in [1.29, 1.82) is 0 Å². The maximum atomic E-state index is 13.7. The molecule has 0 aromatic heterocycles. The predicted molar refractivity (Wildman–Crippen MR) is 75.1 cm³/mol. The van der Waals surface area contributed by atoms with Crippen molar-refractivity contribution in [2.24, 2.45) is 17.8 Å². The number of hydrogen-bond acceptors (Lipinski definition) is 1. The monoisotopic (exact) mass is 267 g/mol. The molecule has 0 radical (unpaired) electrons. The standard InChI is InChI=1S/C16H23F2N/c1-10(2)13-6-4-11(3)8-16(13)19-15-7-5-12(17)9-14(15)18/h5,7,9-11,13,16,19H,4,6,8H2,1-3H3. The number of nitrogens with one attached hydrogen (secondary N) is 1. The minimum absolute atomic E-state index is 0.281. The first kappa shape index (κ1) is 14.3. The van der Waals surface area contributed by atoms with E-state index in [0.29, 0.717) is 23.4 Å². The third kappa shape index (κ3) is 3.46. The second kappa shape index (κ2) is 5.89. The highest BCUT2D eigenvalue weighted by Crippen LogP contribution is 2.35. The molecule has 19 heavy (non-hydrogen) atoms. The zero-order valence-corrected chi connectivity index (χ0v) is 11.9. The van der Waals surface area contributed by atoms with Gasteiger partial charge in [0.15, 0.2) is 0 Å². The van der Waals surface area contributed by atoms with Crippen LogP contribution in [0.25, 0.3) is 0 Å². The van der Waals surface area contributed by atoms with Crippen LogP contribution in [0, 0.1) is 29.4 Å². The lowest BCUT2D eigenvalue weighted by atomic mass is 9.74. The van der Waals surface area contributed by atoms with Crippen molar-refractivity contribution in [3.05, 3.63) is 29.8 Å². The lowest BCUT2D eigenvalue weighted by Crippen LogP contribution is -2.38. The summed E-state index contributed by atoms with van der Waals surface area (Å²) in [5.41, 5.74) is 0.422. The van der Waals surface area contributed by atoms with Crippen LogP contribution in [-0.4, -0.2) is 6.04 Å². The van der Waals surface area contributed by atoms with Crippen LogP contribution in [0.4, 0.5) is 14.5 Å². The molecule has 1 nitrogen and oxygen atoms in total. The van der Waals surface area contributed by atoms with E-state index in [1.807, 2.05) is 0 Å². The molecular formula is C16H23F2N. The Bertz CT molecular complexity index is 431. The van der Waals surface area contributed by atoms with Gasteiger partial charge in [0.25, 0.3) is 0 Å². The van der Waals surface area contributed by atoms with E-state index in [1.165, 1.54) is 25.0 Å². The average molecular weight is 267 g/mol. The second-order valence-electron chi connectivity index (χ2n) is 6.20. The van der Waals surface area contributed by atoms with Crippen molar-refractivity contribution in [3.8, 4) is 0 Å². The van der Waals surface area contributed by atoms with Crippen LogP contribution >= 0.6 is 0 Å². The molecule has 1 aromatic carbocycles. The molecule has 1 fully saturated rings. The van der Waals surface area contributed by atoms with Gasteiger partial charge in [0, 0.05) is 12.1 Å². The minimum atomic E-state index is -0.527. The molecule has 0 spiro atoms. The largest absolute Gasteiger partial charge is 0.380 e. The maximum absolute atomic E-state index is 13.7. The Morgan fingerprint density at radius 3 is 2.58 bits per heavy atom. The van der Waals surface area contributed by atoms with Crippen molar-refractivity contribution < 1.29 is 8.78 Å². The second-order valence-corrected chi connectivity index (χ2v) is 6.20. The molecule has 0 saturated heterocycles. The molecule has 0 aliphatic heterocycles. The van der Waals surface area contributed by atoms with Gasteiger partial charge in [0.2, 0.25) is 0 Å². The summed E-state index contributed by atoms with van der Waals surface area (Å²) in [7, 11) is 0. The summed E-state index contributed by atoms with van der Waals surface area (Å²) in [5.74, 6) is 0.770. The summed E-state index contributed by atoms with van der Waals surface area (Å²) < 4.78 is 26.7. The van der Waals surface area contributed by atoms with Crippen LogP contribution in [0.15, 0.2) is 18.2 Å². The predicted octanol–water partition coefficient (Wildman–Crippen LogP) is 4.84. The maximum Gasteiger partial charge on any atom is 0.149 e. The number of benzene rings is 1. The van der Waals surface area contributed by atoms with E-state index in [9.17, 15) is 8.78 Å². The van der Waals surface area contributed by atoms with Crippen LogP contribution < -0.4 is 5.32 Å². The van der Waals surface area contributed by atoms with Crippen molar-refractivity contribution in [3.63, 3.8) is 0 Å². The highest BCUT2D eigenvalue weighted by molar-refractivity contribution is 5.45. The fraction of sp³-hybridized carbons (Fsp3) is 0.625. The van der Waals surface area contributed by atoms with E-state index >= 15 is 0 Å². The smallest absolute Gasteiger partial charge is 0.149 e. The van der Waals surface area contributed by atoms with Crippen LogP contribution in [0.2, 0.25) is 0 Å². The van der Waals surface area contributed by atoms with Crippen LogP contribution in [0.5, 0.6) is 0 Å². The number of rotatable bonds is 3. The first-order chi connectivity index (χ1) is 8.97. The highest BCUT2D eigenvalue weighted by Gasteiger charge is 2.30. The van der Waals surface area contributed by atoms with Gasteiger partial charge in [-0.1, -0.05) is 27.2 Å². The van der Waals surface area contributed by atoms with Gasteiger partial charge in [-0.3, -0.25) is 0 Å². The molecule has 1 saturated carbocycles. The molecule has 106 valence electrons. The summed E-state index contributed by atoms with van der Waals surface area (Å²) in [6.07, 6.45) is 3.48. The summed E-state index contributed by atoms with van der Waals surface area (Å²) in [4.78, 5) is 0. The van der Waals surface area contributed by atoms with Crippen molar-refractivity contribution in [2.45, 2.75) is 46.1 Å². The van der Waals surface area contributed by atoms with Crippen molar-refractivity contribution in [2.75, 3.05) is 5.32 Å². The number of anilines is 1. The Morgan fingerprint density at radius 2 is 1.95 bits per heavy atom. The lowest BCUT2D eigenvalue weighted by Gasteiger charge is -2.38. The van der Waals surface area contributed by atoms with Gasteiger partial charge in [-0.05, 0) is 42.7 Å². The molecule has 2 rings (SSSR count).